The number of phenolic OH excluding ortho intramolecular Hbond substituents is 1. The van der Waals surface area contributed by atoms with Crippen LogP contribution in [0, 0.1) is 0 Å². The minimum absolute atomic E-state index is 0.169. The molecule has 19 heavy (non-hydrogen) atoms. The molecule has 0 radical (unpaired) electrons. The molecule has 0 aromatic heterocycles. The predicted octanol–water partition coefficient (Wildman–Crippen LogP) is 3.45. The molecule has 0 bridgehead atoms. The van der Waals surface area contributed by atoms with Gasteiger partial charge in [-0.15, -0.1) is 0 Å². The molecular formula is C14H20Cl2N2O. The molecule has 0 saturated carbocycles. The zero-order valence-electron chi connectivity index (χ0n) is 11.1. The van der Waals surface area contributed by atoms with Gasteiger partial charge in [-0.25, -0.2) is 0 Å². The number of benzene rings is 1. The third kappa shape index (κ3) is 3.54. The second-order valence-electron chi connectivity index (χ2n) is 4.92. The number of hydrogen-bond acceptors (Lipinski definition) is 3. The summed E-state index contributed by atoms with van der Waals surface area (Å²) in [6.07, 6.45) is 2.04. The van der Waals surface area contributed by atoms with Crippen molar-refractivity contribution >= 4 is 23.2 Å². The highest BCUT2D eigenvalue weighted by Crippen LogP contribution is 2.39. The van der Waals surface area contributed by atoms with Crippen molar-refractivity contribution in [3.63, 3.8) is 0 Å². The van der Waals surface area contributed by atoms with E-state index in [9.17, 15) is 5.11 Å². The fourth-order valence-electron chi connectivity index (χ4n) is 2.64. The number of rotatable bonds is 4. The first kappa shape index (κ1) is 14.9. The number of nitrogens with zero attached hydrogens (tertiary/aromatic N) is 1. The van der Waals surface area contributed by atoms with E-state index in [0.29, 0.717) is 10.0 Å². The Morgan fingerprint density at radius 2 is 2.00 bits per heavy atom. The monoisotopic (exact) mass is 302 g/mol. The van der Waals surface area contributed by atoms with Crippen molar-refractivity contribution in [3.8, 4) is 5.75 Å². The van der Waals surface area contributed by atoms with Crippen molar-refractivity contribution in [2.45, 2.75) is 25.8 Å². The van der Waals surface area contributed by atoms with Crippen LogP contribution in [0.5, 0.6) is 5.75 Å². The Labute approximate surface area is 124 Å². The second-order valence-corrected chi connectivity index (χ2v) is 5.76. The number of phenols is 1. The molecule has 1 aliphatic heterocycles. The summed E-state index contributed by atoms with van der Waals surface area (Å²) in [7, 11) is 0. The molecule has 1 aromatic carbocycles. The second kappa shape index (κ2) is 6.80. The summed E-state index contributed by atoms with van der Waals surface area (Å²) in [4.78, 5) is 2.39. The molecular weight excluding hydrogens is 283 g/mol. The number of nitrogens with one attached hydrogen (secondary N) is 1. The summed E-state index contributed by atoms with van der Waals surface area (Å²) >= 11 is 12.1. The largest absolute Gasteiger partial charge is 0.506 e. The summed E-state index contributed by atoms with van der Waals surface area (Å²) in [6.45, 7) is 6.07. The molecule has 0 spiro atoms. The van der Waals surface area contributed by atoms with E-state index in [4.69, 9.17) is 23.2 Å². The van der Waals surface area contributed by atoms with Crippen LogP contribution in [0.4, 0.5) is 0 Å². The molecule has 106 valence electrons. The van der Waals surface area contributed by atoms with Crippen LogP contribution in [-0.2, 0) is 0 Å². The van der Waals surface area contributed by atoms with E-state index < -0.39 is 0 Å². The lowest BCUT2D eigenvalue weighted by Crippen LogP contribution is -2.45. The van der Waals surface area contributed by atoms with Gasteiger partial charge in [0.05, 0.1) is 5.02 Å². The van der Waals surface area contributed by atoms with Crippen molar-refractivity contribution in [3.05, 3.63) is 27.7 Å². The van der Waals surface area contributed by atoms with Gasteiger partial charge in [0.2, 0.25) is 0 Å². The quantitative estimate of drug-likeness (QED) is 0.894. The van der Waals surface area contributed by atoms with E-state index >= 15 is 0 Å². The Morgan fingerprint density at radius 3 is 2.63 bits per heavy atom. The summed E-state index contributed by atoms with van der Waals surface area (Å²) in [5, 5.41) is 14.5. The Morgan fingerprint density at radius 1 is 1.32 bits per heavy atom. The van der Waals surface area contributed by atoms with Crippen LogP contribution in [0.3, 0.4) is 0 Å². The molecule has 2 N–H and O–H groups in total. The minimum Gasteiger partial charge on any atom is -0.506 e. The number of halogens is 2. The van der Waals surface area contributed by atoms with Gasteiger partial charge in [-0.2, -0.15) is 0 Å². The molecule has 1 heterocycles. The van der Waals surface area contributed by atoms with Crippen LogP contribution in [-0.4, -0.2) is 36.2 Å². The first-order valence-corrected chi connectivity index (χ1v) is 7.51. The summed E-state index contributed by atoms with van der Waals surface area (Å²) in [6, 6.07) is 3.61. The molecule has 1 aliphatic rings. The third-order valence-electron chi connectivity index (χ3n) is 3.57. The van der Waals surface area contributed by atoms with Gasteiger partial charge in [-0.05, 0) is 18.6 Å². The van der Waals surface area contributed by atoms with Gasteiger partial charge in [0.25, 0.3) is 0 Å². The van der Waals surface area contributed by atoms with Gasteiger partial charge in [0, 0.05) is 42.8 Å². The van der Waals surface area contributed by atoms with E-state index in [0.717, 1.165) is 44.6 Å². The van der Waals surface area contributed by atoms with Crippen LogP contribution in [0.25, 0.3) is 0 Å². The number of piperazine rings is 1. The minimum atomic E-state index is 0.169. The number of aromatic hydroxyl groups is 1. The molecule has 2 rings (SSSR count). The Kier molecular flexibility index (Phi) is 5.34. The summed E-state index contributed by atoms with van der Waals surface area (Å²) in [5.74, 6) is 0.169. The highest BCUT2D eigenvalue weighted by molar-refractivity contribution is 6.35. The molecule has 1 atom stereocenters. The molecule has 0 amide bonds. The SMILES string of the molecule is CCC[C@@H](c1cc(Cl)cc(Cl)c1O)N1CCNCC1. The van der Waals surface area contributed by atoms with Gasteiger partial charge in [-0.1, -0.05) is 36.5 Å². The smallest absolute Gasteiger partial charge is 0.139 e. The predicted molar refractivity (Wildman–Crippen MR) is 80.2 cm³/mol. The maximum Gasteiger partial charge on any atom is 0.139 e. The van der Waals surface area contributed by atoms with Gasteiger partial charge in [0.1, 0.15) is 5.75 Å². The standard InChI is InChI=1S/C14H20Cl2N2O/c1-2-3-13(18-6-4-17-5-7-18)11-8-10(15)9-12(16)14(11)19/h8-9,13,17,19H,2-7H2,1H3/t13-/m0/s1. The van der Waals surface area contributed by atoms with Gasteiger partial charge >= 0.3 is 0 Å². The third-order valence-corrected chi connectivity index (χ3v) is 4.08. The van der Waals surface area contributed by atoms with Crippen LogP contribution >= 0.6 is 23.2 Å². The normalized spacial score (nSPS) is 18.5. The van der Waals surface area contributed by atoms with E-state index in [2.05, 4.69) is 17.1 Å². The first-order chi connectivity index (χ1) is 9.13. The van der Waals surface area contributed by atoms with Crippen LogP contribution in [0.15, 0.2) is 12.1 Å². The molecule has 0 aliphatic carbocycles. The van der Waals surface area contributed by atoms with Crippen molar-refractivity contribution in [1.82, 2.24) is 10.2 Å². The average Bonchev–Trinajstić information content (AvgIpc) is 2.41. The van der Waals surface area contributed by atoms with Crippen molar-refractivity contribution in [1.29, 1.82) is 0 Å². The van der Waals surface area contributed by atoms with Crippen LogP contribution in [0.2, 0.25) is 10.0 Å². The average molecular weight is 303 g/mol. The van der Waals surface area contributed by atoms with Gasteiger partial charge in [0.15, 0.2) is 0 Å². The lowest BCUT2D eigenvalue weighted by atomic mass is 9.99. The molecule has 1 aromatic rings. The van der Waals surface area contributed by atoms with Gasteiger partial charge < -0.3 is 10.4 Å². The number of hydrogen-bond donors (Lipinski definition) is 2. The summed E-state index contributed by atoms with van der Waals surface area (Å²) in [5.41, 5.74) is 0.848. The first-order valence-electron chi connectivity index (χ1n) is 6.76. The summed E-state index contributed by atoms with van der Waals surface area (Å²) < 4.78 is 0. The maximum absolute atomic E-state index is 10.2. The fourth-order valence-corrected chi connectivity index (χ4v) is 3.15. The van der Waals surface area contributed by atoms with E-state index in [-0.39, 0.29) is 11.8 Å². The lowest BCUT2D eigenvalue weighted by Gasteiger charge is -2.35. The molecule has 3 nitrogen and oxygen atoms in total. The zero-order valence-corrected chi connectivity index (χ0v) is 12.6. The van der Waals surface area contributed by atoms with Crippen LogP contribution in [0.1, 0.15) is 31.4 Å². The van der Waals surface area contributed by atoms with Crippen molar-refractivity contribution < 1.29 is 5.11 Å². The topological polar surface area (TPSA) is 35.5 Å². The lowest BCUT2D eigenvalue weighted by molar-refractivity contribution is 0.162. The van der Waals surface area contributed by atoms with Gasteiger partial charge in [-0.3, -0.25) is 4.90 Å². The maximum atomic E-state index is 10.2. The van der Waals surface area contributed by atoms with E-state index in [1.165, 1.54) is 0 Å². The van der Waals surface area contributed by atoms with E-state index in [1.807, 2.05) is 6.07 Å². The fraction of sp³-hybridized carbons (Fsp3) is 0.571. The van der Waals surface area contributed by atoms with E-state index in [1.54, 1.807) is 6.07 Å². The molecule has 0 unspecified atom stereocenters. The molecule has 5 heteroatoms. The Hall–Kier alpha value is -0.480. The molecule has 1 saturated heterocycles. The highest BCUT2D eigenvalue weighted by Gasteiger charge is 2.25. The Bertz CT molecular complexity index is 434. The zero-order chi connectivity index (χ0) is 13.8. The van der Waals surface area contributed by atoms with Crippen LogP contribution < -0.4 is 5.32 Å². The Balaban J connectivity index is 2.32. The highest BCUT2D eigenvalue weighted by atomic mass is 35.5. The molecule has 1 fully saturated rings. The van der Waals surface area contributed by atoms with Crippen molar-refractivity contribution in [2.24, 2.45) is 0 Å². The van der Waals surface area contributed by atoms with Crippen molar-refractivity contribution in [2.75, 3.05) is 26.2 Å².